The minimum absolute atomic E-state index is 0.166. The largest absolute Gasteiger partial charge is 0.393 e. The summed E-state index contributed by atoms with van der Waals surface area (Å²) in [4.78, 5) is 22.6. The van der Waals surface area contributed by atoms with E-state index in [9.17, 15) is 9.59 Å². The summed E-state index contributed by atoms with van der Waals surface area (Å²) >= 11 is 0. The maximum Gasteiger partial charge on any atom is 0.317 e. The van der Waals surface area contributed by atoms with Gasteiger partial charge in [0.15, 0.2) is 0 Å². The van der Waals surface area contributed by atoms with Crippen LogP contribution in [0, 0.1) is 23.7 Å². The van der Waals surface area contributed by atoms with Gasteiger partial charge in [-0.25, -0.2) is 0 Å². The third-order valence-corrected chi connectivity index (χ3v) is 4.00. The number of fused-ring (bicyclic) bond motifs is 8. The van der Waals surface area contributed by atoms with E-state index < -0.39 is 0 Å². The first-order valence-corrected chi connectivity index (χ1v) is 4.68. The minimum atomic E-state index is -0.309. The highest BCUT2D eigenvalue weighted by Gasteiger charge is 2.73. The fraction of sp³-hybridized carbons (Fsp3) is 0.778. The lowest BCUT2D eigenvalue weighted by molar-refractivity contribution is -0.155. The van der Waals surface area contributed by atoms with Crippen molar-refractivity contribution in [2.45, 2.75) is 18.6 Å². The number of hydrogen-bond donors (Lipinski definition) is 0. The standard InChI is InChI=1S/C9H8O4/c10-8-4-2-1-3(7-6(2)12-7)5(4)9(11)13-8/h2-7H,1H2/t2-,3+,4-,5+,6-,7-/m1/s1. The molecule has 2 aliphatic carbocycles. The smallest absolute Gasteiger partial charge is 0.317 e. The zero-order valence-corrected chi connectivity index (χ0v) is 6.80. The van der Waals surface area contributed by atoms with Crippen LogP contribution in [-0.2, 0) is 19.1 Å². The quantitative estimate of drug-likeness (QED) is 0.292. The van der Waals surface area contributed by atoms with Gasteiger partial charge in [-0.15, -0.1) is 0 Å². The SMILES string of the molecule is O=C1OC(=O)[C@H]2[C@@H]3C[C@@H]([C@H]4O[C@H]34)[C@@H]12. The summed E-state index contributed by atoms with van der Waals surface area (Å²) in [5, 5.41) is 0. The molecule has 4 rings (SSSR count). The van der Waals surface area contributed by atoms with Gasteiger partial charge in [0.1, 0.15) is 0 Å². The Morgan fingerprint density at radius 3 is 2.08 bits per heavy atom. The summed E-state index contributed by atoms with van der Waals surface area (Å²) in [6, 6.07) is 0. The molecule has 0 aromatic rings. The van der Waals surface area contributed by atoms with Gasteiger partial charge >= 0.3 is 11.9 Å². The molecule has 2 saturated carbocycles. The summed E-state index contributed by atoms with van der Waals surface area (Å²) < 4.78 is 10.1. The highest BCUT2D eigenvalue weighted by atomic mass is 16.6. The Morgan fingerprint density at radius 2 is 1.54 bits per heavy atom. The van der Waals surface area contributed by atoms with E-state index in [2.05, 4.69) is 4.74 Å². The van der Waals surface area contributed by atoms with Gasteiger partial charge in [0.2, 0.25) is 0 Å². The van der Waals surface area contributed by atoms with E-state index in [-0.39, 0.29) is 47.8 Å². The molecule has 2 heterocycles. The second-order valence-electron chi connectivity index (χ2n) is 4.42. The first-order valence-electron chi connectivity index (χ1n) is 4.68. The van der Waals surface area contributed by atoms with E-state index >= 15 is 0 Å². The molecule has 4 fully saturated rings. The molecule has 2 aliphatic heterocycles. The van der Waals surface area contributed by atoms with Crippen molar-refractivity contribution >= 4 is 11.9 Å². The number of carbonyl (C=O) groups is 2. The summed E-state index contributed by atoms with van der Waals surface area (Å²) in [5.41, 5.74) is 0. The van der Waals surface area contributed by atoms with Crippen molar-refractivity contribution in [2.75, 3.05) is 0 Å². The maximum atomic E-state index is 11.3. The second kappa shape index (κ2) is 1.66. The Kier molecular flexibility index (Phi) is 0.836. The molecule has 0 radical (unpaired) electrons. The van der Waals surface area contributed by atoms with Gasteiger partial charge in [-0.2, -0.15) is 0 Å². The Hall–Kier alpha value is -0.900. The average Bonchev–Trinajstić information content (AvgIpc) is 2.58. The Bertz CT molecular complexity index is 307. The maximum absolute atomic E-state index is 11.3. The molecule has 4 aliphatic rings. The lowest BCUT2D eigenvalue weighted by atomic mass is 9.81. The van der Waals surface area contributed by atoms with E-state index in [1.165, 1.54) is 0 Å². The van der Waals surface area contributed by atoms with Crippen LogP contribution in [0.3, 0.4) is 0 Å². The number of cyclic esters (lactones) is 2. The van der Waals surface area contributed by atoms with Crippen molar-refractivity contribution < 1.29 is 19.1 Å². The highest BCUT2D eigenvalue weighted by molar-refractivity contribution is 5.97. The number of hydrogen-bond acceptors (Lipinski definition) is 4. The van der Waals surface area contributed by atoms with Gasteiger partial charge in [-0.1, -0.05) is 0 Å². The van der Waals surface area contributed by atoms with Crippen LogP contribution >= 0.6 is 0 Å². The Labute approximate surface area is 74.2 Å². The van der Waals surface area contributed by atoms with Crippen LogP contribution in [0.1, 0.15) is 6.42 Å². The van der Waals surface area contributed by atoms with Gasteiger partial charge in [0.05, 0.1) is 24.0 Å². The number of epoxide rings is 1. The normalized spacial score (nSPS) is 60.6. The molecular weight excluding hydrogens is 172 g/mol. The van der Waals surface area contributed by atoms with Crippen molar-refractivity contribution in [2.24, 2.45) is 23.7 Å². The molecule has 4 heteroatoms. The minimum Gasteiger partial charge on any atom is -0.393 e. The number of esters is 2. The number of rotatable bonds is 0. The van der Waals surface area contributed by atoms with Gasteiger partial charge in [0.25, 0.3) is 0 Å². The fourth-order valence-corrected chi connectivity index (χ4v) is 3.52. The molecule has 0 spiro atoms. The van der Waals surface area contributed by atoms with E-state index in [0.717, 1.165) is 6.42 Å². The van der Waals surface area contributed by atoms with Crippen LogP contribution in [0.15, 0.2) is 0 Å². The van der Waals surface area contributed by atoms with Gasteiger partial charge in [0, 0.05) is 11.8 Å². The highest BCUT2D eigenvalue weighted by Crippen LogP contribution is 2.63. The lowest BCUT2D eigenvalue weighted by Crippen LogP contribution is -2.29. The van der Waals surface area contributed by atoms with E-state index in [1.807, 2.05) is 0 Å². The van der Waals surface area contributed by atoms with Crippen LogP contribution in [0.25, 0.3) is 0 Å². The van der Waals surface area contributed by atoms with Crippen molar-refractivity contribution in [3.05, 3.63) is 0 Å². The van der Waals surface area contributed by atoms with Crippen molar-refractivity contribution in [3.63, 3.8) is 0 Å². The molecule has 4 nitrogen and oxygen atoms in total. The zero-order valence-electron chi connectivity index (χ0n) is 6.80. The van der Waals surface area contributed by atoms with Crippen molar-refractivity contribution in [1.29, 1.82) is 0 Å². The van der Waals surface area contributed by atoms with E-state index in [4.69, 9.17) is 4.74 Å². The zero-order chi connectivity index (χ0) is 8.74. The molecule has 2 saturated heterocycles. The van der Waals surface area contributed by atoms with Gasteiger partial charge < -0.3 is 9.47 Å². The molecule has 0 unspecified atom stereocenters. The molecule has 0 amide bonds. The third-order valence-electron chi connectivity index (χ3n) is 4.00. The molecule has 0 aromatic carbocycles. The second-order valence-corrected chi connectivity index (χ2v) is 4.42. The molecule has 68 valence electrons. The van der Waals surface area contributed by atoms with Crippen molar-refractivity contribution in [1.82, 2.24) is 0 Å². The average molecular weight is 180 g/mol. The topological polar surface area (TPSA) is 55.9 Å². The molecule has 0 N–H and O–H groups in total. The van der Waals surface area contributed by atoms with Crippen LogP contribution in [0.4, 0.5) is 0 Å². The fourth-order valence-electron chi connectivity index (χ4n) is 3.52. The lowest BCUT2D eigenvalue weighted by Gasteiger charge is -2.14. The van der Waals surface area contributed by atoms with Gasteiger partial charge in [-0.05, 0) is 6.42 Å². The van der Waals surface area contributed by atoms with Crippen LogP contribution < -0.4 is 0 Å². The monoisotopic (exact) mass is 180 g/mol. The number of ether oxygens (including phenoxy) is 2. The Morgan fingerprint density at radius 1 is 1.00 bits per heavy atom. The predicted octanol–water partition coefficient (Wildman–Crippen LogP) is -0.281. The number of carbonyl (C=O) groups excluding carboxylic acids is 2. The summed E-state index contributed by atoms with van der Waals surface area (Å²) in [7, 11) is 0. The molecular formula is C9H8O4. The first-order chi connectivity index (χ1) is 6.27. The molecule has 6 atom stereocenters. The Balaban J connectivity index is 1.84. The van der Waals surface area contributed by atoms with Crippen molar-refractivity contribution in [3.8, 4) is 0 Å². The van der Waals surface area contributed by atoms with Crippen LogP contribution in [0.5, 0.6) is 0 Å². The molecule has 0 aromatic heterocycles. The summed E-state index contributed by atoms with van der Waals surface area (Å²) in [6.07, 6.45) is 1.53. The summed E-state index contributed by atoms with van der Waals surface area (Å²) in [6.45, 7) is 0. The van der Waals surface area contributed by atoms with E-state index in [0.29, 0.717) is 0 Å². The molecule has 2 bridgehead atoms. The predicted molar refractivity (Wildman–Crippen MR) is 38.3 cm³/mol. The third kappa shape index (κ3) is 0.544. The molecule has 13 heavy (non-hydrogen) atoms. The van der Waals surface area contributed by atoms with Crippen LogP contribution in [-0.4, -0.2) is 24.1 Å². The van der Waals surface area contributed by atoms with Gasteiger partial charge in [-0.3, -0.25) is 9.59 Å². The van der Waals surface area contributed by atoms with E-state index in [1.54, 1.807) is 0 Å². The summed E-state index contributed by atoms with van der Waals surface area (Å²) in [5.74, 6) is -0.395. The van der Waals surface area contributed by atoms with Crippen LogP contribution in [0.2, 0.25) is 0 Å². The first kappa shape index (κ1) is 6.54.